The van der Waals surface area contributed by atoms with E-state index < -0.39 is 45.9 Å². The van der Waals surface area contributed by atoms with Crippen molar-refractivity contribution in [2.75, 3.05) is 17.1 Å². The van der Waals surface area contributed by atoms with Gasteiger partial charge in [0, 0.05) is 19.0 Å². The number of rotatable bonds is 11. The molecule has 0 unspecified atom stereocenters. The molecule has 3 aromatic carbocycles. The maximum absolute atomic E-state index is 14.2. The lowest BCUT2D eigenvalue weighted by atomic mass is 10.0. The molecule has 7 nitrogen and oxygen atoms in total. The van der Waals surface area contributed by atoms with E-state index in [1.54, 1.807) is 6.07 Å². The largest absolute Gasteiger partial charge is 0.416 e. The summed E-state index contributed by atoms with van der Waals surface area (Å²) in [6, 6.07) is 17.7. The van der Waals surface area contributed by atoms with Gasteiger partial charge in [-0.3, -0.25) is 13.9 Å². The Kier molecular flexibility index (Phi) is 10.6. The van der Waals surface area contributed by atoms with Crippen LogP contribution in [0.2, 0.25) is 5.02 Å². The van der Waals surface area contributed by atoms with E-state index >= 15 is 0 Å². The molecule has 0 aromatic heterocycles. The number of aryl methyl sites for hydroxylation is 1. The van der Waals surface area contributed by atoms with Crippen LogP contribution in [0.3, 0.4) is 0 Å². The lowest BCUT2D eigenvalue weighted by Gasteiger charge is -2.34. The highest BCUT2D eigenvalue weighted by Crippen LogP contribution is 2.36. The molecule has 236 valence electrons. The number of hydrogen-bond donors (Lipinski definition) is 1. The van der Waals surface area contributed by atoms with Crippen LogP contribution in [0.5, 0.6) is 0 Å². The molecule has 1 N–H and O–H groups in total. The van der Waals surface area contributed by atoms with Crippen LogP contribution < -0.4 is 9.62 Å². The van der Waals surface area contributed by atoms with Crippen LogP contribution in [0.25, 0.3) is 0 Å². The van der Waals surface area contributed by atoms with E-state index in [9.17, 15) is 31.2 Å². The van der Waals surface area contributed by atoms with Crippen LogP contribution in [-0.2, 0) is 38.8 Å². The standard InChI is InChI=1S/C32H35ClF3N3O4S/c1-22-9-8-12-24(17-22)20-38(29(18-23-10-4-3-5-11-23)31(41)37-26-13-6-7-14-26)30(40)21-39(44(2,42)43)28-19-25(32(34,35)36)15-16-27(28)33/h3-5,8-12,15-17,19,26,29H,6-7,13-14,18,20-21H2,1-2H3,(H,37,41)/t29-/m0/s1. The van der Waals surface area contributed by atoms with E-state index in [4.69, 9.17) is 11.6 Å². The minimum Gasteiger partial charge on any atom is -0.352 e. The Labute approximate surface area is 261 Å². The van der Waals surface area contributed by atoms with Crippen molar-refractivity contribution in [3.05, 3.63) is 100 Å². The molecule has 0 saturated heterocycles. The molecule has 0 heterocycles. The molecule has 44 heavy (non-hydrogen) atoms. The van der Waals surface area contributed by atoms with E-state index in [2.05, 4.69) is 5.32 Å². The monoisotopic (exact) mass is 649 g/mol. The third kappa shape index (κ3) is 8.75. The van der Waals surface area contributed by atoms with Gasteiger partial charge in [0.2, 0.25) is 21.8 Å². The van der Waals surface area contributed by atoms with Gasteiger partial charge in [-0.05, 0) is 49.1 Å². The van der Waals surface area contributed by atoms with Gasteiger partial charge in [0.05, 0.1) is 22.5 Å². The van der Waals surface area contributed by atoms with Gasteiger partial charge in [-0.25, -0.2) is 8.42 Å². The number of benzene rings is 3. The summed E-state index contributed by atoms with van der Waals surface area (Å²) in [5.41, 5.74) is 0.795. The van der Waals surface area contributed by atoms with Crippen molar-refractivity contribution < 1.29 is 31.2 Å². The van der Waals surface area contributed by atoms with Crippen LogP contribution in [0.15, 0.2) is 72.8 Å². The Bertz CT molecular complexity index is 1580. The van der Waals surface area contributed by atoms with E-state index in [0.29, 0.717) is 15.9 Å². The average Bonchev–Trinajstić information content (AvgIpc) is 3.46. The van der Waals surface area contributed by atoms with Gasteiger partial charge in [-0.1, -0.05) is 84.6 Å². The van der Waals surface area contributed by atoms with Crippen molar-refractivity contribution in [2.45, 2.75) is 63.8 Å². The highest BCUT2D eigenvalue weighted by Gasteiger charge is 2.36. The lowest BCUT2D eigenvalue weighted by molar-refractivity contribution is -0.140. The Balaban J connectivity index is 1.77. The molecule has 1 aliphatic rings. The Morgan fingerprint density at radius 2 is 1.64 bits per heavy atom. The molecule has 1 aliphatic carbocycles. The van der Waals surface area contributed by atoms with Crippen LogP contribution in [-0.4, -0.2) is 50.0 Å². The summed E-state index contributed by atoms with van der Waals surface area (Å²) in [6.07, 6.45) is -0.279. The number of nitrogens with one attached hydrogen (secondary N) is 1. The third-order valence-corrected chi connectivity index (χ3v) is 9.08. The fourth-order valence-corrected chi connectivity index (χ4v) is 6.53. The minimum absolute atomic E-state index is 0.0377. The van der Waals surface area contributed by atoms with E-state index in [1.165, 1.54) is 4.90 Å². The molecule has 12 heteroatoms. The number of nitrogens with zero attached hydrogens (tertiary/aromatic N) is 2. The normalized spacial score (nSPS) is 14.7. The zero-order valence-electron chi connectivity index (χ0n) is 24.5. The summed E-state index contributed by atoms with van der Waals surface area (Å²) in [5, 5.41) is 2.79. The van der Waals surface area contributed by atoms with Crippen molar-refractivity contribution in [3.8, 4) is 0 Å². The fourth-order valence-electron chi connectivity index (χ4n) is 5.40. The zero-order chi connectivity index (χ0) is 32.1. The second-order valence-corrected chi connectivity index (χ2v) is 13.5. The van der Waals surface area contributed by atoms with Gasteiger partial charge in [-0.2, -0.15) is 13.2 Å². The van der Waals surface area contributed by atoms with E-state index in [0.717, 1.165) is 55.2 Å². The number of hydrogen-bond acceptors (Lipinski definition) is 4. The zero-order valence-corrected chi connectivity index (χ0v) is 26.1. The van der Waals surface area contributed by atoms with Gasteiger partial charge in [-0.15, -0.1) is 0 Å². The molecule has 0 aliphatic heterocycles. The number of halogens is 4. The van der Waals surface area contributed by atoms with Gasteiger partial charge in [0.1, 0.15) is 12.6 Å². The molecule has 2 amide bonds. The summed E-state index contributed by atoms with van der Waals surface area (Å²) >= 11 is 6.21. The number of anilines is 1. The quantitative estimate of drug-likeness (QED) is 0.271. The molecule has 0 bridgehead atoms. The van der Waals surface area contributed by atoms with E-state index in [-0.39, 0.29) is 29.9 Å². The number of alkyl halides is 3. The highest BCUT2D eigenvalue weighted by atomic mass is 35.5. The maximum Gasteiger partial charge on any atom is 0.416 e. The molecule has 3 aromatic rings. The fraction of sp³-hybridized carbons (Fsp3) is 0.375. The molecular formula is C32H35ClF3N3O4S. The molecule has 4 rings (SSSR count). The Hall–Kier alpha value is -3.57. The topological polar surface area (TPSA) is 86.8 Å². The van der Waals surface area contributed by atoms with Gasteiger partial charge in [0.25, 0.3) is 0 Å². The molecule has 0 radical (unpaired) electrons. The van der Waals surface area contributed by atoms with Crippen molar-refractivity contribution in [1.29, 1.82) is 0 Å². The van der Waals surface area contributed by atoms with Crippen LogP contribution in [0, 0.1) is 6.92 Å². The molecule has 1 saturated carbocycles. The summed E-state index contributed by atoms with van der Waals surface area (Å²) in [4.78, 5) is 29.4. The predicted octanol–water partition coefficient (Wildman–Crippen LogP) is 6.13. The van der Waals surface area contributed by atoms with Gasteiger partial charge >= 0.3 is 6.18 Å². The third-order valence-electron chi connectivity index (χ3n) is 7.63. The highest BCUT2D eigenvalue weighted by molar-refractivity contribution is 7.92. The van der Waals surface area contributed by atoms with Gasteiger partial charge < -0.3 is 10.2 Å². The summed E-state index contributed by atoms with van der Waals surface area (Å²) < 4.78 is 67.2. The first-order valence-electron chi connectivity index (χ1n) is 14.3. The first kappa shape index (κ1) is 33.3. The van der Waals surface area contributed by atoms with Crippen molar-refractivity contribution >= 4 is 39.1 Å². The van der Waals surface area contributed by atoms with E-state index in [1.807, 2.05) is 55.5 Å². The first-order valence-corrected chi connectivity index (χ1v) is 16.5. The van der Waals surface area contributed by atoms with Gasteiger partial charge in [0.15, 0.2) is 0 Å². The molecular weight excluding hydrogens is 615 g/mol. The summed E-state index contributed by atoms with van der Waals surface area (Å²) in [6.45, 7) is 0.975. The lowest BCUT2D eigenvalue weighted by Crippen LogP contribution is -2.54. The number of carbonyl (C=O) groups is 2. The predicted molar refractivity (Wildman–Crippen MR) is 165 cm³/mol. The summed E-state index contributed by atoms with van der Waals surface area (Å²) in [5.74, 6) is -1.15. The molecule has 0 spiro atoms. The molecule has 1 atom stereocenters. The smallest absolute Gasteiger partial charge is 0.352 e. The number of amides is 2. The van der Waals surface area contributed by atoms with Crippen molar-refractivity contribution in [1.82, 2.24) is 10.2 Å². The second-order valence-electron chi connectivity index (χ2n) is 11.1. The average molecular weight is 650 g/mol. The molecule has 1 fully saturated rings. The van der Waals surface area contributed by atoms with Crippen LogP contribution >= 0.6 is 11.6 Å². The Morgan fingerprint density at radius 1 is 0.977 bits per heavy atom. The number of sulfonamides is 1. The second kappa shape index (κ2) is 14.0. The van der Waals surface area contributed by atoms with Crippen molar-refractivity contribution in [3.63, 3.8) is 0 Å². The van der Waals surface area contributed by atoms with Crippen LogP contribution in [0.1, 0.15) is 47.9 Å². The minimum atomic E-state index is -4.77. The SMILES string of the molecule is Cc1cccc(CN(C(=O)CN(c2cc(C(F)(F)F)ccc2Cl)S(C)(=O)=O)[C@@H](Cc2ccccc2)C(=O)NC2CCCC2)c1. The van der Waals surface area contributed by atoms with Crippen molar-refractivity contribution in [2.24, 2.45) is 0 Å². The first-order chi connectivity index (χ1) is 20.7. The summed E-state index contributed by atoms with van der Waals surface area (Å²) in [7, 11) is -4.30. The van der Waals surface area contributed by atoms with Crippen LogP contribution in [0.4, 0.5) is 18.9 Å². The Morgan fingerprint density at radius 3 is 2.25 bits per heavy atom. The number of carbonyl (C=O) groups excluding carboxylic acids is 2. The maximum atomic E-state index is 14.2.